The highest BCUT2D eigenvalue weighted by Crippen LogP contribution is 2.34. The minimum atomic E-state index is 0.691. The second-order valence-electron chi connectivity index (χ2n) is 7.59. The van der Waals surface area contributed by atoms with E-state index in [1.165, 1.54) is 5.56 Å². The number of hydrogen-bond acceptors (Lipinski definition) is 5. The van der Waals surface area contributed by atoms with Gasteiger partial charge in [-0.25, -0.2) is 0 Å². The summed E-state index contributed by atoms with van der Waals surface area (Å²) in [6, 6.07) is 10.1. The van der Waals surface area contributed by atoms with Crippen molar-refractivity contribution in [3.8, 4) is 28.7 Å². The first kappa shape index (κ1) is 22.1. The lowest BCUT2D eigenvalue weighted by Gasteiger charge is -2.30. The molecule has 3 rings (SSSR count). The average molecular weight is 419 g/mol. The Hall–Kier alpha value is -2.64. The van der Waals surface area contributed by atoms with E-state index in [1.807, 2.05) is 18.2 Å². The van der Waals surface area contributed by atoms with Crippen molar-refractivity contribution in [3.05, 3.63) is 41.5 Å². The summed E-state index contributed by atoms with van der Waals surface area (Å²) in [6.45, 7) is 6.32. The van der Waals surface area contributed by atoms with Gasteiger partial charge in [-0.3, -0.25) is 0 Å². The molecule has 0 saturated carbocycles. The van der Waals surface area contributed by atoms with E-state index in [2.05, 4.69) is 12.1 Å². The van der Waals surface area contributed by atoms with Crippen LogP contribution in [0, 0.1) is 0 Å². The van der Waals surface area contributed by atoms with Gasteiger partial charge >= 0.3 is 0 Å². The van der Waals surface area contributed by atoms with Gasteiger partial charge in [0.05, 0.1) is 41.1 Å². The Morgan fingerprint density at radius 3 is 1.57 bits per heavy atom. The highest BCUT2D eigenvalue weighted by molar-refractivity contribution is 5.50. The van der Waals surface area contributed by atoms with Crippen molar-refractivity contribution in [2.24, 2.45) is 0 Å². The molecule has 0 spiro atoms. The van der Waals surface area contributed by atoms with Gasteiger partial charge in [-0.15, -0.1) is 0 Å². The van der Waals surface area contributed by atoms with Crippen LogP contribution in [-0.4, -0.2) is 61.7 Å². The summed E-state index contributed by atoms with van der Waals surface area (Å²) in [5.74, 6) is 3.96. The van der Waals surface area contributed by atoms with E-state index in [9.17, 15) is 0 Å². The molecule has 7 nitrogen and oxygen atoms in total. The first-order valence-corrected chi connectivity index (χ1v) is 10.3. The molecule has 1 fully saturated rings. The lowest BCUT2D eigenvalue weighted by atomic mass is 10.1. The van der Waals surface area contributed by atoms with Crippen molar-refractivity contribution < 1.29 is 33.5 Å². The molecule has 1 saturated heterocycles. The summed E-state index contributed by atoms with van der Waals surface area (Å²) in [5, 5.41) is 0. The Balaban J connectivity index is 1.61. The topological polar surface area (TPSA) is 55.0 Å². The molecule has 0 amide bonds. The van der Waals surface area contributed by atoms with Crippen molar-refractivity contribution in [3.63, 3.8) is 0 Å². The van der Waals surface area contributed by atoms with Gasteiger partial charge in [0, 0.05) is 17.7 Å². The quantitative estimate of drug-likeness (QED) is 0.610. The van der Waals surface area contributed by atoms with E-state index in [0.717, 1.165) is 67.8 Å². The fourth-order valence-electron chi connectivity index (χ4n) is 4.07. The molecular formula is C23H34N2O5+2. The largest absolute Gasteiger partial charge is 0.497 e. The van der Waals surface area contributed by atoms with Crippen LogP contribution in [0.15, 0.2) is 30.3 Å². The molecule has 0 bridgehead atoms. The molecule has 30 heavy (non-hydrogen) atoms. The SMILES string of the molecule is COc1cc(C[NH+]2CC[NH+](Cc3cc(OC)c(OC)cc3OC)CC2)cc(OC)c1. The van der Waals surface area contributed by atoms with Crippen LogP contribution in [0.1, 0.15) is 11.1 Å². The second kappa shape index (κ2) is 10.4. The summed E-state index contributed by atoms with van der Waals surface area (Å²) in [4.78, 5) is 3.13. The Morgan fingerprint density at radius 2 is 1.07 bits per heavy atom. The Labute approximate surface area is 179 Å². The Kier molecular flexibility index (Phi) is 7.65. The van der Waals surface area contributed by atoms with Gasteiger partial charge in [0.15, 0.2) is 11.5 Å². The van der Waals surface area contributed by atoms with Crippen molar-refractivity contribution >= 4 is 0 Å². The zero-order valence-corrected chi connectivity index (χ0v) is 18.7. The lowest BCUT2D eigenvalue weighted by molar-refractivity contribution is -1.02. The van der Waals surface area contributed by atoms with Crippen molar-refractivity contribution in [2.45, 2.75) is 13.1 Å². The minimum Gasteiger partial charge on any atom is -0.497 e. The number of benzene rings is 2. The third-order valence-electron chi connectivity index (χ3n) is 5.76. The van der Waals surface area contributed by atoms with Crippen molar-refractivity contribution in [2.75, 3.05) is 61.7 Å². The monoisotopic (exact) mass is 418 g/mol. The molecule has 0 aliphatic carbocycles. The maximum atomic E-state index is 5.59. The third kappa shape index (κ3) is 5.29. The highest BCUT2D eigenvalue weighted by Gasteiger charge is 2.25. The first-order chi connectivity index (χ1) is 14.6. The van der Waals surface area contributed by atoms with E-state index in [1.54, 1.807) is 45.3 Å². The van der Waals surface area contributed by atoms with Crippen LogP contribution in [0.5, 0.6) is 28.7 Å². The fourth-order valence-corrected chi connectivity index (χ4v) is 4.07. The molecule has 7 heteroatoms. The van der Waals surface area contributed by atoms with Gasteiger partial charge < -0.3 is 33.5 Å². The van der Waals surface area contributed by atoms with Crippen molar-refractivity contribution in [1.82, 2.24) is 0 Å². The van der Waals surface area contributed by atoms with Gasteiger partial charge in [-0.1, -0.05) is 0 Å². The molecular weight excluding hydrogens is 384 g/mol. The van der Waals surface area contributed by atoms with Crippen LogP contribution in [0.3, 0.4) is 0 Å². The highest BCUT2D eigenvalue weighted by atomic mass is 16.5. The smallest absolute Gasteiger partial charge is 0.164 e. The maximum absolute atomic E-state index is 5.59. The van der Waals surface area contributed by atoms with E-state index >= 15 is 0 Å². The van der Waals surface area contributed by atoms with Gasteiger partial charge in [0.25, 0.3) is 0 Å². The molecule has 1 heterocycles. The van der Waals surface area contributed by atoms with Gasteiger partial charge in [0.2, 0.25) is 0 Å². The number of hydrogen-bond donors (Lipinski definition) is 2. The summed E-state index contributed by atoms with van der Waals surface area (Å²) in [6.07, 6.45) is 0. The molecule has 1 aliphatic rings. The van der Waals surface area contributed by atoms with Gasteiger partial charge in [0.1, 0.15) is 56.5 Å². The minimum absolute atomic E-state index is 0.691. The van der Waals surface area contributed by atoms with Crippen LogP contribution in [0.4, 0.5) is 0 Å². The predicted octanol–water partition coefficient (Wildman–Crippen LogP) is 0.213. The molecule has 2 aromatic rings. The third-order valence-corrected chi connectivity index (χ3v) is 5.76. The Morgan fingerprint density at radius 1 is 0.567 bits per heavy atom. The molecule has 164 valence electrons. The average Bonchev–Trinajstić information content (AvgIpc) is 2.79. The van der Waals surface area contributed by atoms with Crippen molar-refractivity contribution in [1.29, 1.82) is 0 Å². The summed E-state index contributed by atoms with van der Waals surface area (Å²) < 4.78 is 27.3. The molecule has 0 atom stereocenters. The number of nitrogens with one attached hydrogen (secondary N) is 2. The zero-order chi connectivity index (χ0) is 21.5. The number of piperazine rings is 1. The predicted molar refractivity (Wildman–Crippen MR) is 114 cm³/mol. The molecule has 0 aromatic heterocycles. The number of quaternary nitrogens is 2. The van der Waals surface area contributed by atoms with E-state index in [-0.39, 0.29) is 0 Å². The van der Waals surface area contributed by atoms with Crippen LogP contribution < -0.4 is 33.5 Å². The summed E-state index contributed by atoms with van der Waals surface area (Å²) >= 11 is 0. The van der Waals surface area contributed by atoms with Gasteiger partial charge in [-0.2, -0.15) is 0 Å². The molecule has 0 unspecified atom stereocenters. The molecule has 0 radical (unpaired) electrons. The van der Waals surface area contributed by atoms with Gasteiger partial charge in [-0.05, 0) is 18.2 Å². The zero-order valence-electron chi connectivity index (χ0n) is 18.7. The normalized spacial score (nSPS) is 18.6. The number of methoxy groups -OCH3 is 5. The molecule has 2 aromatic carbocycles. The van der Waals surface area contributed by atoms with Crippen LogP contribution in [-0.2, 0) is 13.1 Å². The van der Waals surface area contributed by atoms with E-state index < -0.39 is 0 Å². The van der Waals surface area contributed by atoms with E-state index in [4.69, 9.17) is 23.7 Å². The lowest BCUT2D eigenvalue weighted by Crippen LogP contribution is -3.27. The fraction of sp³-hybridized carbons (Fsp3) is 0.478. The summed E-state index contributed by atoms with van der Waals surface area (Å²) in [5.41, 5.74) is 2.39. The standard InChI is InChI=1S/C23H32N2O5/c1-26-19-10-17(11-20(13-19)27-2)15-24-6-8-25(9-7-24)16-18-12-22(29-4)23(30-5)14-21(18)28-3/h10-14H,6-9,15-16H2,1-5H3/p+2. The molecule has 1 aliphatic heterocycles. The Bertz CT molecular complexity index is 812. The summed E-state index contributed by atoms with van der Waals surface area (Å²) in [7, 11) is 8.38. The van der Waals surface area contributed by atoms with Crippen LogP contribution >= 0.6 is 0 Å². The first-order valence-electron chi connectivity index (χ1n) is 10.3. The number of rotatable bonds is 9. The van der Waals surface area contributed by atoms with Crippen LogP contribution in [0.25, 0.3) is 0 Å². The molecule has 2 N–H and O–H groups in total. The maximum Gasteiger partial charge on any atom is 0.164 e. The van der Waals surface area contributed by atoms with E-state index in [0.29, 0.717) is 5.75 Å². The number of ether oxygens (including phenoxy) is 5. The second-order valence-corrected chi connectivity index (χ2v) is 7.59. The van der Waals surface area contributed by atoms with Crippen LogP contribution in [0.2, 0.25) is 0 Å².